The molecule has 0 radical (unpaired) electrons. The first kappa shape index (κ1) is 10.8. The predicted molar refractivity (Wildman–Crippen MR) is 63.6 cm³/mol. The van der Waals surface area contributed by atoms with Gasteiger partial charge in [0.25, 0.3) is 0 Å². The fourth-order valence-electron chi connectivity index (χ4n) is 1.21. The Kier molecular flexibility index (Phi) is 4.85. The van der Waals surface area contributed by atoms with Crippen LogP contribution in [0.4, 0.5) is 0 Å². The van der Waals surface area contributed by atoms with Crippen LogP contribution in [-0.4, -0.2) is 10.5 Å². The van der Waals surface area contributed by atoms with Gasteiger partial charge in [-0.2, -0.15) is 0 Å². The second-order valence-electron chi connectivity index (χ2n) is 2.83. The molecule has 0 N–H and O–H groups in total. The maximum absolute atomic E-state index is 3.50. The molecule has 0 aliphatic carbocycles. The van der Waals surface area contributed by atoms with Gasteiger partial charge in [0.15, 0.2) is 0 Å². The van der Waals surface area contributed by atoms with E-state index in [9.17, 15) is 0 Å². The topological polar surface area (TPSA) is 0 Å². The van der Waals surface area contributed by atoms with Crippen molar-refractivity contribution in [3.05, 3.63) is 12.7 Å². The van der Waals surface area contributed by atoms with Crippen molar-refractivity contribution >= 4 is 11.8 Å². The molecule has 0 aromatic heterocycles. The molecule has 1 heteroatoms. The zero-order valence-corrected chi connectivity index (χ0v) is 9.08. The van der Waals surface area contributed by atoms with Crippen LogP contribution >= 0.6 is 11.8 Å². The second kappa shape index (κ2) is 6.26. The van der Waals surface area contributed by atoms with Crippen molar-refractivity contribution in [3.63, 3.8) is 0 Å². The first-order chi connectivity index (χ1) is 6.86. The molecule has 1 rings (SSSR count). The Balaban J connectivity index is 2.44. The van der Waals surface area contributed by atoms with Gasteiger partial charge in [0.2, 0.25) is 0 Å². The van der Waals surface area contributed by atoms with E-state index in [1.807, 2.05) is 18.7 Å². The number of rotatable bonds is 0. The summed E-state index contributed by atoms with van der Waals surface area (Å²) in [5.41, 5.74) is 0. The van der Waals surface area contributed by atoms with Gasteiger partial charge < -0.3 is 0 Å². The SMILES string of the molecule is C=CC#CC#CC1CCC(C#CC)S1. The molecular weight excluding hydrogens is 188 g/mol. The minimum absolute atomic E-state index is 0.417. The van der Waals surface area contributed by atoms with Crippen molar-refractivity contribution in [3.8, 4) is 35.5 Å². The lowest BCUT2D eigenvalue weighted by Crippen LogP contribution is -1.91. The van der Waals surface area contributed by atoms with Crippen LogP contribution in [0.2, 0.25) is 0 Å². The van der Waals surface area contributed by atoms with Gasteiger partial charge >= 0.3 is 0 Å². The van der Waals surface area contributed by atoms with Crippen molar-refractivity contribution in [1.82, 2.24) is 0 Å². The average Bonchev–Trinajstić information content (AvgIpc) is 2.61. The normalized spacial score (nSPS) is 23.2. The second-order valence-corrected chi connectivity index (χ2v) is 4.24. The van der Waals surface area contributed by atoms with Crippen LogP contribution in [0.3, 0.4) is 0 Å². The van der Waals surface area contributed by atoms with Gasteiger partial charge in [-0.15, -0.1) is 17.7 Å². The molecule has 14 heavy (non-hydrogen) atoms. The number of hydrogen-bond acceptors (Lipinski definition) is 1. The molecule has 0 aromatic rings. The van der Waals surface area contributed by atoms with E-state index in [0.717, 1.165) is 12.8 Å². The van der Waals surface area contributed by atoms with E-state index in [0.29, 0.717) is 10.5 Å². The quantitative estimate of drug-likeness (QED) is 0.541. The molecule has 0 aromatic carbocycles. The van der Waals surface area contributed by atoms with Crippen molar-refractivity contribution in [2.24, 2.45) is 0 Å². The number of thioether (sulfide) groups is 1. The third kappa shape index (κ3) is 3.66. The van der Waals surface area contributed by atoms with Gasteiger partial charge in [-0.1, -0.05) is 24.3 Å². The van der Waals surface area contributed by atoms with Crippen molar-refractivity contribution in [2.45, 2.75) is 30.3 Å². The van der Waals surface area contributed by atoms with Crippen LogP contribution < -0.4 is 0 Å². The average molecular weight is 200 g/mol. The summed E-state index contributed by atoms with van der Waals surface area (Å²) >= 11 is 1.85. The summed E-state index contributed by atoms with van der Waals surface area (Å²) in [5.74, 6) is 17.5. The summed E-state index contributed by atoms with van der Waals surface area (Å²) in [4.78, 5) is 0. The summed E-state index contributed by atoms with van der Waals surface area (Å²) in [6.45, 7) is 5.39. The van der Waals surface area contributed by atoms with E-state index in [1.165, 1.54) is 0 Å². The minimum Gasteiger partial charge on any atom is -0.129 e. The van der Waals surface area contributed by atoms with Gasteiger partial charge in [-0.3, -0.25) is 0 Å². The Morgan fingerprint density at radius 2 is 1.93 bits per heavy atom. The van der Waals surface area contributed by atoms with Crippen LogP contribution in [0, 0.1) is 35.5 Å². The Labute approximate surface area is 90.5 Å². The van der Waals surface area contributed by atoms with E-state index >= 15 is 0 Å². The van der Waals surface area contributed by atoms with Crippen LogP contribution in [0.15, 0.2) is 12.7 Å². The smallest absolute Gasteiger partial charge is 0.0680 e. The first-order valence-corrected chi connectivity index (χ1v) is 5.50. The molecule has 2 atom stereocenters. The van der Waals surface area contributed by atoms with Crippen LogP contribution in [0.1, 0.15) is 19.8 Å². The van der Waals surface area contributed by atoms with Gasteiger partial charge in [-0.05, 0) is 37.7 Å². The van der Waals surface area contributed by atoms with E-state index in [4.69, 9.17) is 0 Å². The highest BCUT2D eigenvalue weighted by Crippen LogP contribution is 2.32. The molecule has 1 heterocycles. The number of allylic oxidation sites excluding steroid dienone is 1. The largest absolute Gasteiger partial charge is 0.129 e. The van der Waals surface area contributed by atoms with Crippen LogP contribution in [0.5, 0.6) is 0 Å². The fourth-order valence-corrected chi connectivity index (χ4v) is 2.47. The van der Waals surface area contributed by atoms with E-state index in [-0.39, 0.29) is 0 Å². The molecule has 0 spiro atoms. The highest BCUT2D eigenvalue weighted by Gasteiger charge is 2.21. The number of hydrogen-bond donors (Lipinski definition) is 0. The minimum atomic E-state index is 0.417. The summed E-state index contributed by atoms with van der Waals surface area (Å²) < 4.78 is 0. The fraction of sp³-hybridized carbons (Fsp3) is 0.385. The molecule has 70 valence electrons. The molecule has 1 saturated heterocycles. The monoisotopic (exact) mass is 200 g/mol. The Morgan fingerprint density at radius 3 is 2.57 bits per heavy atom. The summed E-state index contributed by atoms with van der Waals surface area (Å²) in [6.07, 6.45) is 3.84. The third-order valence-electron chi connectivity index (χ3n) is 1.79. The summed E-state index contributed by atoms with van der Waals surface area (Å²) in [5, 5.41) is 0.895. The molecule has 0 saturated carbocycles. The zero-order valence-electron chi connectivity index (χ0n) is 8.26. The zero-order chi connectivity index (χ0) is 10.2. The molecule has 1 aliphatic heterocycles. The third-order valence-corrected chi connectivity index (χ3v) is 3.16. The highest BCUT2D eigenvalue weighted by atomic mass is 32.2. The van der Waals surface area contributed by atoms with E-state index in [2.05, 4.69) is 42.1 Å². The van der Waals surface area contributed by atoms with Gasteiger partial charge in [-0.25, -0.2) is 0 Å². The molecule has 2 unspecified atom stereocenters. The molecule has 0 amide bonds. The Morgan fingerprint density at radius 1 is 1.21 bits per heavy atom. The van der Waals surface area contributed by atoms with Crippen LogP contribution in [-0.2, 0) is 0 Å². The van der Waals surface area contributed by atoms with Crippen molar-refractivity contribution in [1.29, 1.82) is 0 Å². The lowest BCUT2D eigenvalue weighted by atomic mass is 10.2. The molecule has 1 aliphatic rings. The first-order valence-electron chi connectivity index (χ1n) is 4.56. The van der Waals surface area contributed by atoms with Gasteiger partial charge in [0.1, 0.15) is 0 Å². The Hall–Kier alpha value is -1.23. The molecular formula is C13H12S. The van der Waals surface area contributed by atoms with Gasteiger partial charge in [0.05, 0.1) is 10.5 Å². The van der Waals surface area contributed by atoms with Crippen LogP contribution in [0.25, 0.3) is 0 Å². The standard InChI is InChI=1S/C13H12S/c1-3-5-6-7-9-13-11-10-12(14-13)8-4-2/h3,12-13H,1,10-11H2,2H3. The maximum Gasteiger partial charge on any atom is 0.0680 e. The molecule has 0 bridgehead atoms. The highest BCUT2D eigenvalue weighted by molar-refractivity contribution is 8.01. The summed E-state index contributed by atoms with van der Waals surface area (Å²) in [6, 6.07) is 0. The van der Waals surface area contributed by atoms with E-state index in [1.54, 1.807) is 6.08 Å². The Bertz CT molecular complexity index is 373. The van der Waals surface area contributed by atoms with Crippen molar-refractivity contribution < 1.29 is 0 Å². The lowest BCUT2D eigenvalue weighted by Gasteiger charge is -1.97. The maximum atomic E-state index is 3.50. The van der Waals surface area contributed by atoms with Crippen molar-refractivity contribution in [2.75, 3.05) is 0 Å². The molecule has 1 fully saturated rings. The predicted octanol–water partition coefficient (Wildman–Crippen LogP) is 2.47. The summed E-state index contributed by atoms with van der Waals surface area (Å²) in [7, 11) is 0. The van der Waals surface area contributed by atoms with Gasteiger partial charge in [0, 0.05) is 0 Å². The van der Waals surface area contributed by atoms with E-state index < -0.39 is 0 Å². The lowest BCUT2D eigenvalue weighted by molar-refractivity contribution is 0.852. The molecule has 0 nitrogen and oxygen atoms in total.